The highest BCUT2D eigenvalue weighted by Gasteiger charge is 2.37. The third-order valence-corrected chi connectivity index (χ3v) is 6.37. The molecule has 2 atom stereocenters. The van der Waals surface area contributed by atoms with Crippen LogP contribution in [0.4, 0.5) is 17.6 Å². The van der Waals surface area contributed by atoms with Crippen molar-refractivity contribution in [3.63, 3.8) is 0 Å². The summed E-state index contributed by atoms with van der Waals surface area (Å²) < 4.78 is 67.2. The van der Waals surface area contributed by atoms with Gasteiger partial charge in [0.15, 0.2) is 0 Å². The Morgan fingerprint density at radius 1 is 1.03 bits per heavy atom. The van der Waals surface area contributed by atoms with E-state index in [1.54, 1.807) is 18.3 Å². The molecule has 5 rings (SSSR count). The van der Waals surface area contributed by atoms with Crippen LogP contribution in [0.5, 0.6) is 5.88 Å². The second-order valence-electron chi connectivity index (χ2n) is 8.82. The van der Waals surface area contributed by atoms with Crippen molar-refractivity contribution in [2.45, 2.75) is 45.1 Å². The number of benzene rings is 2. The number of aromatic nitrogens is 1. The van der Waals surface area contributed by atoms with E-state index in [-0.39, 0.29) is 24.3 Å². The zero-order valence-electron chi connectivity index (χ0n) is 18.1. The molecule has 1 aromatic heterocycles. The zero-order chi connectivity index (χ0) is 23.2. The van der Waals surface area contributed by atoms with Crippen LogP contribution in [0.15, 0.2) is 48.7 Å². The highest BCUT2D eigenvalue weighted by molar-refractivity contribution is 5.44. The molecule has 2 heterocycles. The number of rotatable bonds is 4. The molecule has 3 aromatic rings. The Labute approximate surface area is 189 Å². The molecule has 0 saturated carbocycles. The number of alkyl halides is 3. The van der Waals surface area contributed by atoms with Crippen LogP contribution in [0.1, 0.15) is 52.0 Å². The normalized spacial score (nSPS) is 19.8. The molecule has 1 aliphatic heterocycles. The van der Waals surface area contributed by atoms with Crippen LogP contribution in [-0.2, 0) is 36.8 Å². The van der Waals surface area contributed by atoms with Gasteiger partial charge in [-0.2, -0.15) is 13.2 Å². The average Bonchev–Trinajstić information content (AvgIpc) is 3.16. The minimum atomic E-state index is -4.51. The average molecular weight is 457 g/mol. The molecule has 0 bridgehead atoms. The van der Waals surface area contributed by atoms with Crippen molar-refractivity contribution in [1.82, 2.24) is 4.98 Å². The third-order valence-electron chi connectivity index (χ3n) is 6.37. The quantitative estimate of drug-likeness (QED) is 0.436. The first-order valence-electron chi connectivity index (χ1n) is 11.0. The van der Waals surface area contributed by atoms with Crippen LogP contribution in [0.25, 0.3) is 0 Å². The molecule has 0 fully saturated rings. The van der Waals surface area contributed by atoms with Crippen LogP contribution in [0, 0.1) is 11.7 Å². The molecule has 1 aliphatic carbocycles. The number of hydrogen-bond acceptors (Lipinski definition) is 3. The van der Waals surface area contributed by atoms with Gasteiger partial charge < -0.3 is 9.47 Å². The van der Waals surface area contributed by atoms with Crippen molar-refractivity contribution in [3.05, 3.63) is 93.4 Å². The minimum absolute atomic E-state index is 0.0267. The Morgan fingerprint density at radius 3 is 2.64 bits per heavy atom. The lowest BCUT2D eigenvalue weighted by Crippen LogP contribution is -2.21. The van der Waals surface area contributed by atoms with E-state index in [1.165, 1.54) is 29.3 Å². The highest BCUT2D eigenvalue weighted by Crippen LogP contribution is 2.41. The van der Waals surface area contributed by atoms with E-state index in [0.717, 1.165) is 18.9 Å². The van der Waals surface area contributed by atoms with Gasteiger partial charge >= 0.3 is 6.18 Å². The summed E-state index contributed by atoms with van der Waals surface area (Å²) in [6.45, 7) is 2.32. The molecule has 0 saturated heterocycles. The maximum absolute atomic E-state index is 14.8. The number of nitrogens with zero attached hydrogens (tertiary/aromatic N) is 1. The van der Waals surface area contributed by atoms with Crippen molar-refractivity contribution in [1.29, 1.82) is 0 Å². The Bertz CT molecular complexity index is 1190. The van der Waals surface area contributed by atoms with Crippen molar-refractivity contribution in [2.24, 2.45) is 5.92 Å². The largest absolute Gasteiger partial charge is 0.473 e. The van der Waals surface area contributed by atoms with Gasteiger partial charge in [-0.25, -0.2) is 9.37 Å². The molecule has 2 aromatic carbocycles. The van der Waals surface area contributed by atoms with Crippen molar-refractivity contribution < 1.29 is 27.0 Å². The summed E-state index contributed by atoms with van der Waals surface area (Å²) in [6.07, 6.45) is -1.26. The smallest absolute Gasteiger partial charge is 0.416 e. The van der Waals surface area contributed by atoms with Crippen LogP contribution in [0.3, 0.4) is 0 Å². The van der Waals surface area contributed by atoms with E-state index in [2.05, 4.69) is 11.9 Å². The molecule has 3 nitrogen and oxygen atoms in total. The van der Waals surface area contributed by atoms with E-state index in [1.807, 2.05) is 6.07 Å². The number of ether oxygens (including phenoxy) is 2. The van der Waals surface area contributed by atoms with Gasteiger partial charge in [0.2, 0.25) is 5.88 Å². The molecule has 2 aliphatic rings. The first-order chi connectivity index (χ1) is 15.8. The highest BCUT2D eigenvalue weighted by atomic mass is 19.4. The second-order valence-corrected chi connectivity index (χ2v) is 8.82. The monoisotopic (exact) mass is 457 g/mol. The maximum atomic E-state index is 14.8. The van der Waals surface area contributed by atoms with Gasteiger partial charge in [-0.05, 0) is 71.2 Å². The Kier molecular flexibility index (Phi) is 5.60. The predicted molar refractivity (Wildman–Crippen MR) is 114 cm³/mol. The van der Waals surface area contributed by atoms with Gasteiger partial charge in [-0.3, -0.25) is 0 Å². The van der Waals surface area contributed by atoms with Crippen LogP contribution in [-0.4, -0.2) is 11.6 Å². The van der Waals surface area contributed by atoms with E-state index >= 15 is 0 Å². The fraction of sp³-hybridized carbons (Fsp3) is 0.346. The maximum Gasteiger partial charge on any atom is 0.416 e. The molecule has 172 valence electrons. The summed E-state index contributed by atoms with van der Waals surface area (Å²) in [5, 5.41) is 0. The number of hydrogen-bond donors (Lipinski definition) is 0. The number of pyridine rings is 1. The van der Waals surface area contributed by atoms with E-state index < -0.39 is 23.7 Å². The summed E-state index contributed by atoms with van der Waals surface area (Å²) in [5.74, 6) is 0.523. The van der Waals surface area contributed by atoms with E-state index in [0.29, 0.717) is 29.3 Å². The molecule has 2 unspecified atom stereocenters. The fourth-order valence-corrected chi connectivity index (χ4v) is 4.80. The molecule has 7 heteroatoms. The lowest BCUT2D eigenvalue weighted by atomic mass is 9.89. The summed E-state index contributed by atoms with van der Waals surface area (Å²) >= 11 is 0. The first kappa shape index (κ1) is 21.9. The molecule has 33 heavy (non-hydrogen) atoms. The van der Waals surface area contributed by atoms with Gasteiger partial charge in [-0.1, -0.05) is 25.1 Å². The van der Waals surface area contributed by atoms with Crippen molar-refractivity contribution in [3.8, 4) is 5.88 Å². The van der Waals surface area contributed by atoms with Crippen molar-refractivity contribution in [2.75, 3.05) is 6.61 Å². The zero-order valence-corrected chi connectivity index (χ0v) is 18.1. The van der Waals surface area contributed by atoms with Gasteiger partial charge in [-0.15, -0.1) is 0 Å². The number of fused-ring (bicyclic) bond motifs is 2. The summed E-state index contributed by atoms with van der Waals surface area (Å²) in [7, 11) is 0. The summed E-state index contributed by atoms with van der Waals surface area (Å²) in [5.41, 5.74) is 3.11. The first-order valence-corrected chi connectivity index (χ1v) is 11.0. The lowest BCUT2D eigenvalue weighted by molar-refractivity contribution is -0.139. The third kappa shape index (κ3) is 4.34. The molecule has 0 amide bonds. The predicted octanol–water partition coefficient (Wildman–Crippen LogP) is 6.22. The Morgan fingerprint density at radius 2 is 1.82 bits per heavy atom. The second kappa shape index (κ2) is 8.45. The van der Waals surface area contributed by atoms with Crippen molar-refractivity contribution >= 4 is 0 Å². The summed E-state index contributed by atoms with van der Waals surface area (Å²) in [6, 6.07) is 10.2. The molecule has 0 radical (unpaired) electrons. The van der Waals surface area contributed by atoms with Gasteiger partial charge in [0.1, 0.15) is 18.5 Å². The van der Waals surface area contributed by atoms with E-state index in [4.69, 9.17) is 9.47 Å². The van der Waals surface area contributed by atoms with Crippen LogP contribution < -0.4 is 4.74 Å². The van der Waals surface area contributed by atoms with Crippen LogP contribution >= 0.6 is 0 Å². The standard InChI is InChI=1S/C26H23F4NO2/c1-15-8-17-12-24(31-13-18(17)9-15)33-14-19-10-21-16(11-23(19)27)6-7-32-25(21)20-4-2-3-5-22(20)26(28,29)30/h2-5,10-13,15,25H,6-9,14H2,1H3. The fourth-order valence-electron chi connectivity index (χ4n) is 4.80. The van der Waals surface area contributed by atoms with Gasteiger partial charge in [0, 0.05) is 17.8 Å². The topological polar surface area (TPSA) is 31.4 Å². The lowest BCUT2D eigenvalue weighted by Gasteiger charge is -2.29. The van der Waals surface area contributed by atoms with Gasteiger partial charge in [0.25, 0.3) is 0 Å². The molecule has 0 N–H and O–H groups in total. The Hall–Kier alpha value is -2.93. The summed E-state index contributed by atoms with van der Waals surface area (Å²) in [4.78, 5) is 4.32. The van der Waals surface area contributed by atoms with Crippen LogP contribution in [0.2, 0.25) is 0 Å². The molecular weight excluding hydrogens is 434 g/mol. The van der Waals surface area contributed by atoms with E-state index in [9.17, 15) is 17.6 Å². The molecular formula is C26H23F4NO2. The SMILES string of the molecule is CC1Cc2cnc(OCc3cc4c(cc3F)CCOC4c3ccccc3C(F)(F)F)cc2C1. The van der Waals surface area contributed by atoms with Gasteiger partial charge in [0.05, 0.1) is 12.2 Å². The number of halogens is 4. The Balaban J connectivity index is 1.44. The molecule has 0 spiro atoms. The minimum Gasteiger partial charge on any atom is -0.473 e.